The number of nitrogens with one attached hydrogen (secondary N) is 1. The van der Waals surface area contributed by atoms with Crippen LogP contribution in [0.2, 0.25) is 0 Å². The summed E-state index contributed by atoms with van der Waals surface area (Å²) in [6, 6.07) is 0. The summed E-state index contributed by atoms with van der Waals surface area (Å²) >= 11 is 0. The molecule has 0 aromatic carbocycles. The minimum atomic E-state index is -2.43. The molecule has 1 aromatic heterocycles. The van der Waals surface area contributed by atoms with Gasteiger partial charge in [0.15, 0.2) is 0 Å². The molecular weight excluding hydrogens is 150 g/mol. The number of hydrogen-bond acceptors (Lipinski definition) is 1. The molecule has 1 saturated carbocycles. The van der Waals surface area contributed by atoms with Crippen molar-refractivity contribution in [1.82, 2.24) is 10.2 Å². The van der Waals surface area contributed by atoms with Crippen molar-refractivity contribution in [2.24, 2.45) is 0 Å². The molecule has 60 valence electrons. The highest BCUT2D eigenvalue weighted by molar-refractivity contribution is 5.16. The zero-order valence-corrected chi connectivity index (χ0v) is 5.85. The van der Waals surface area contributed by atoms with Crippen LogP contribution in [0.3, 0.4) is 0 Å². The number of aromatic amines is 1. The molecule has 4 heteroatoms. The van der Waals surface area contributed by atoms with Gasteiger partial charge in [-0.15, -0.1) is 0 Å². The highest BCUT2D eigenvalue weighted by Gasteiger charge is 2.46. The molecule has 1 aliphatic carbocycles. The third kappa shape index (κ3) is 1.13. The van der Waals surface area contributed by atoms with Gasteiger partial charge in [0.2, 0.25) is 5.92 Å². The number of alkyl halides is 2. The molecule has 1 fully saturated rings. The van der Waals surface area contributed by atoms with Gasteiger partial charge >= 0.3 is 0 Å². The number of nitrogens with zero attached hydrogens (tertiary/aromatic N) is 1. The highest BCUT2D eigenvalue weighted by atomic mass is 19.3. The molecule has 2 nitrogen and oxygen atoms in total. The summed E-state index contributed by atoms with van der Waals surface area (Å²) in [5.41, 5.74) is 0.899. The molecule has 0 atom stereocenters. The molecule has 0 saturated heterocycles. The highest BCUT2D eigenvalue weighted by Crippen LogP contribution is 2.47. The van der Waals surface area contributed by atoms with Crippen LogP contribution in [0.15, 0.2) is 12.4 Å². The maximum Gasteiger partial charge on any atom is 0.249 e. The summed E-state index contributed by atoms with van der Waals surface area (Å²) in [6.07, 6.45) is 3.25. The maximum absolute atomic E-state index is 12.3. The summed E-state index contributed by atoms with van der Waals surface area (Å²) < 4.78 is 24.7. The Bertz CT molecular complexity index is 235. The zero-order valence-electron chi connectivity index (χ0n) is 5.85. The van der Waals surface area contributed by atoms with Gasteiger partial charge < -0.3 is 0 Å². The van der Waals surface area contributed by atoms with E-state index in [-0.39, 0.29) is 18.8 Å². The molecule has 0 amide bonds. The van der Waals surface area contributed by atoms with Crippen LogP contribution in [0.1, 0.15) is 24.3 Å². The fraction of sp³-hybridized carbons (Fsp3) is 0.571. The summed E-state index contributed by atoms with van der Waals surface area (Å²) in [5, 5.41) is 6.31. The van der Waals surface area contributed by atoms with Crippen molar-refractivity contribution in [2.75, 3.05) is 0 Å². The van der Waals surface area contributed by atoms with Gasteiger partial charge in [-0.2, -0.15) is 5.10 Å². The van der Waals surface area contributed by atoms with Gasteiger partial charge in [0.25, 0.3) is 0 Å². The van der Waals surface area contributed by atoms with E-state index in [1.54, 1.807) is 12.4 Å². The van der Waals surface area contributed by atoms with E-state index in [9.17, 15) is 8.78 Å². The van der Waals surface area contributed by atoms with Crippen LogP contribution in [-0.2, 0) is 0 Å². The van der Waals surface area contributed by atoms with E-state index in [1.165, 1.54) is 0 Å². The van der Waals surface area contributed by atoms with Crippen LogP contribution < -0.4 is 0 Å². The Morgan fingerprint density at radius 2 is 2.27 bits per heavy atom. The van der Waals surface area contributed by atoms with Crippen LogP contribution in [0, 0.1) is 0 Å². The topological polar surface area (TPSA) is 28.7 Å². The predicted octanol–water partition coefficient (Wildman–Crippen LogP) is 1.92. The first-order chi connectivity index (χ1) is 5.17. The average molecular weight is 158 g/mol. The molecule has 0 aliphatic heterocycles. The first kappa shape index (κ1) is 6.76. The Morgan fingerprint density at radius 3 is 2.73 bits per heavy atom. The van der Waals surface area contributed by atoms with Crippen molar-refractivity contribution < 1.29 is 8.78 Å². The Kier molecular flexibility index (Phi) is 1.25. The third-order valence-electron chi connectivity index (χ3n) is 2.08. The van der Waals surface area contributed by atoms with Crippen LogP contribution in [0.5, 0.6) is 0 Å². The molecule has 1 aliphatic rings. The summed E-state index contributed by atoms with van der Waals surface area (Å²) in [7, 11) is 0. The lowest BCUT2D eigenvalue weighted by Gasteiger charge is -2.34. The molecule has 0 radical (unpaired) electrons. The Hall–Kier alpha value is -0.930. The minimum Gasteiger partial charge on any atom is -0.285 e. The Balaban J connectivity index is 2.03. The van der Waals surface area contributed by atoms with Crippen molar-refractivity contribution in [3.63, 3.8) is 0 Å². The molecule has 0 unspecified atom stereocenters. The van der Waals surface area contributed by atoms with E-state index in [1.807, 2.05) is 0 Å². The number of H-pyrrole nitrogens is 1. The molecular formula is C7H8F2N2. The smallest absolute Gasteiger partial charge is 0.249 e. The third-order valence-corrected chi connectivity index (χ3v) is 2.08. The number of hydrogen-bond donors (Lipinski definition) is 1. The molecule has 1 N–H and O–H groups in total. The molecule has 0 bridgehead atoms. The lowest BCUT2D eigenvalue weighted by atomic mass is 9.78. The number of rotatable bonds is 1. The molecule has 2 rings (SSSR count). The molecule has 1 aromatic rings. The molecule has 0 spiro atoms. The maximum atomic E-state index is 12.3. The quantitative estimate of drug-likeness (QED) is 0.664. The lowest BCUT2D eigenvalue weighted by molar-refractivity contribution is -0.0867. The summed E-state index contributed by atoms with van der Waals surface area (Å²) in [6.45, 7) is 0. The first-order valence-electron chi connectivity index (χ1n) is 3.54. The second kappa shape index (κ2) is 2.03. The molecule has 11 heavy (non-hydrogen) atoms. The summed E-state index contributed by atoms with van der Waals surface area (Å²) in [5.74, 6) is -2.41. The van der Waals surface area contributed by atoms with Gasteiger partial charge in [-0.1, -0.05) is 0 Å². The van der Waals surface area contributed by atoms with Gasteiger partial charge in [-0.25, -0.2) is 8.78 Å². The van der Waals surface area contributed by atoms with Crippen molar-refractivity contribution in [3.05, 3.63) is 18.0 Å². The largest absolute Gasteiger partial charge is 0.285 e. The van der Waals surface area contributed by atoms with Gasteiger partial charge in [-0.3, -0.25) is 5.10 Å². The summed E-state index contributed by atoms with van der Waals surface area (Å²) in [4.78, 5) is 0. The zero-order chi connectivity index (χ0) is 7.90. The van der Waals surface area contributed by atoms with E-state index in [0.29, 0.717) is 0 Å². The Morgan fingerprint density at radius 1 is 1.55 bits per heavy atom. The molecule has 1 heterocycles. The normalized spacial score (nSPS) is 23.1. The van der Waals surface area contributed by atoms with Crippen molar-refractivity contribution in [1.29, 1.82) is 0 Å². The SMILES string of the molecule is FC1(F)CC(c2cn[nH]c2)C1. The van der Waals surface area contributed by atoms with Gasteiger partial charge in [0.1, 0.15) is 0 Å². The minimum absolute atomic E-state index is 0.0174. The monoisotopic (exact) mass is 158 g/mol. The van der Waals surface area contributed by atoms with E-state index < -0.39 is 5.92 Å². The Labute approximate surface area is 62.6 Å². The second-order valence-electron chi connectivity index (χ2n) is 2.99. The van der Waals surface area contributed by atoms with Crippen LogP contribution in [0.4, 0.5) is 8.78 Å². The van der Waals surface area contributed by atoms with Gasteiger partial charge in [-0.05, 0) is 11.5 Å². The predicted molar refractivity (Wildman–Crippen MR) is 35.5 cm³/mol. The number of aromatic nitrogens is 2. The fourth-order valence-corrected chi connectivity index (χ4v) is 1.38. The van der Waals surface area contributed by atoms with Crippen molar-refractivity contribution in [3.8, 4) is 0 Å². The lowest BCUT2D eigenvalue weighted by Crippen LogP contribution is -2.33. The fourth-order valence-electron chi connectivity index (χ4n) is 1.38. The van der Waals surface area contributed by atoms with Crippen LogP contribution in [0.25, 0.3) is 0 Å². The van der Waals surface area contributed by atoms with E-state index in [4.69, 9.17) is 0 Å². The van der Waals surface area contributed by atoms with Crippen molar-refractivity contribution in [2.45, 2.75) is 24.7 Å². The van der Waals surface area contributed by atoms with Gasteiger partial charge in [0.05, 0.1) is 6.20 Å². The second-order valence-corrected chi connectivity index (χ2v) is 2.99. The van der Waals surface area contributed by atoms with Crippen molar-refractivity contribution >= 4 is 0 Å². The van der Waals surface area contributed by atoms with Crippen LogP contribution in [-0.4, -0.2) is 16.1 Å². The first-order valence-corrected chi connectivity index (χ1v) is 3.54. The van der Waals surface area contributed by atoms with E-state index in [2.05, 4.69) is 10.2 Å². The van der Waals surface area contributed by atoms with E-state index in [0.717, 1.165) is 5.56 Å². The number of halogens is 2. The van der Waals surface area contributed by atoms with Crippen LogP contribution >= 0.6 is 0 Å². The van der Waals surface area contributed by atoms with E-state index >= 15 is 0 Å². The van der Waals surface area contributed by atoms with Gasteiger partial charge in [0, 0.05) is 19.0 Å². The standard InChI is InChI=1S/C7H8F2N2/c8-7(9)1-5(2-7)6-3-10-11-4-6/h3-5H,1-2H2,(H,10,11). The average Bonchev–Trinajstić information content (AvgIpc) is 2.32.